The topological polar surface area (TPSA) is 108 Å². The molecule has 0 spiro atoms. The van der Waals surface area contributed by atoms with Crippen molar-refractivity contribution in [2.45, 2.75) is 49.7 Å². The maximum absolute atomic E-state index is 13.1. The molecule has 1 fully saturated rings. The lowest BCUT2D eigenvalue weighted by atomic mass is 9.86. The van der Waals surface area contributed by atoms with Crippen LogP contribution in [-0.4, -0.2) is 25.4 Å². The Kier molecular flexibility index (Phi) is 6.63. The molecule has 0 bridgehead atoms. The van der Waals surface area contributed by atoms with Crippen molar-refractivity contribution in [3.8, 4) is 0 Å². The number of amides is 1. The van der Waals surface area contributed by atoms with Crippen molar-refractivity contribution >= 4 is 32.5 Å². The standard InChI is InChI=1S/C24H24F3N3O4S/c1-14-5-2-3-8-20(14)29-23(32)19-13-28-21-10-9-17(12-18(21)22(19)31)35(33,34)30-16-7-4-6-15(11-16)24(25,26)27/h4,6-7,9-14,20,30H,2-3,5,8H2,1H3,(H,28,31)(H,29,32)/t14-,20-/m1/s1. The Bertz CT molecular complexity index is 1430. The number of anilines is 1. The molecule has 3 aromatic rings. The summed E-state index contributed by atoms with van der Waals surface area (Å²) in [7, 11) is -4.32. The van der Waals surface area contributed by atoms with Crippen LogP contribution in [0.5, 0.6) is 0 Å². The number of carbonyl (C=O) groups excluding carboxylic acids is 1. The number of sulfonamides is 1. The molecule has 11 heteroatoms. The van der Waals surface area contributed by atoms with E-state index in [4.69, 9.17) is 0 Å². The molecular weight excluding hydrogens is 483 g/mol. The summed E-state index contributed by atoms with van der Waals surface area (Å²) in [5.74, 6) is -0.256. The van der Waals surface area contributed by atoms with E-state index in [1.54, 1.807) is 0 Å². The molecule has 3 N–H and O–H groups in total. The van der Waals surface area contributed by atoms with Crippen molar-refractivity contribution < 1.29 is 26.4 Å². The highest BCUT2D eigenvalue weighted by Gasteiger charge is 2.31. The second-order valence-corrected chi connectivity index (χ2v) is 10.4. The summed E-state index contributed by atoms with van der Waals surface area (Å²) in [4.78, 5) is 28.4. The van der Waals surface area contributed by atoms with E-state index in [1.807, 2.05) is 6.92 Å². The maximum atomic E-state index is 13.1. The van der Waals surface area contributed by atoms with Gasteiger partial charge in [0.1, 0.15) is 5.56 Å². The van der Waals surface area contributed by atoms with E-state index in [-0.39, 0.29) is 33.5 Å². The Morgan fingerprint density at radius 1 is 1.09 bits per heavy atom. The molecule has 2 aromatic carbocycles. The lowest BCUT2D eigenvalue weighted by molar-refractivity contribution is -0.137. The minimum absolute atomic E-state index is 0.0266. The molecule has 1 heterocycles. The molecule has 35 heavy (non-hydrogen) atoms. The third-order valence-electron chi connectivity index (χ3n) is 6.28. The summed E-state index contributed by atoms with van der Waals surface area (Å²) in [6, 6.07) is 7.42. The number of rotatable bonds is 5. The fourth-order valence-corrected chi connectivity index (χ4v) is 5.36. The van der Waals surface area contributed by atoms with E-state index in [0.29, 0.717) is 11.6 Å². The number of H-pyrrole nitrogens is 1. The first-order chi connectivity index (χ1) is 16.5. The van der Waals surface area contributed by atoms with Crippen molar-refractivity contribution in [3.63, 3.8) is 0 Å². The molecular formula is C24H24F3N3O4S. The molecule has 1 amide bonds. The lowest BCUT2D eigenvalue weighted by Gasteiger charge is -2.29. The summed E-state index contributed by atoms with van der Waals surface area (Å²) in [6.45, 7) is 2.04. The largest absolute Gasteiger partial charge is 0.416 e. The quantitative estimate of drug-likeness (QED) is 0.467. The van der Waals surface area contributed by atoms with Gasteiger partial charge in [-0.15, -0.1) is 0 Å². The summed E-state index contributed by atoms with van der Waals surface area (Å²) < 4.78 is 66.7. The highest BCUT2D eigenvalue weighted by molar-refractivity contribution is 7.92. The number of benzene rings is 2. The van der Waals surface area contributed by atoms with Crippen LogP contribution < -0.4 is 15.5 Å². The zero-order chi connectivity index (χ0) is 25.4. The van der Waals surface area contributed by atoms with Crippen LogP contribution in [0, 0.1) is 5.92 Å². The number of hydrogen-bond acceptors (Lipinski definition) is 4. The Balaban J connectivity index is 1.64. The second kappa shape index (κ2) is 9.37. The Morgan fingerprint density at radius 2 is 1.83 bits per heavy atom. The number of alkyl halides is 3. The Morgan fingerprint density at radius 3 is 2.54 bits per heavy atom. The molecule has 1 aliphatic rings. The van der Waals surface area contributed by atoms with Crippen LogP contribution in [0.2, 0.25) is 0 Å². The van der Waals surface area contributed by atoms with Crippen LogP contribution in [0.15, 0.2) is 58.4 Å². The van der Waals surface area contributed by atoms with Gasteiger partial charge in [0.15, 0.2) is 0 Å². The van der Waals surface area contributed by atoms with Crippen LogP contribution in [0.3, 0.4) is 0 Å². The Labute approximate surface area is 199 Å². The van der Waals surface area contributed by atoms with Gasteiger partial charge in [-0.05, 0) is 55.2 Å². The number of pyridine rings is 1. The molecule has 4 rings (SSSR count). The number of aromatic nitrogens is 1. The predicted octanol–water partition coefficient (Wildman–Crippen LogP) is 4.66. The number of halogens is 3. The normalized spacial score (nSPS) is 18.9. The van der Waals surface area contributed by atoms with Gasteiger partial charge < -0.3 is 10.3 Å². The van der Waals surface area contributed by atoms with Gasteiger partial charge in [0.25, 0.3) is 15.9 Å². The number of nitrogens with one attached hydrogen (secondary N) is 3. The third-order valence-corrected chi connectivity index (χ3v) is 7.66. The molecule has 7 nitrogen and oxygen atoms in total. The van der Waals surface area contributed by atoms with Gasteiger partial charge in [0.05, 0.1) is 10.5 Å². The monoisotopic (exact) mass is 507 g/mol. The van der Waals surface area contributed by atoms with E-state index in [9.17, 15) is 31.2 Å². The SMILES string of the molecule is C[C@@H]1CCCC[C@H]1NC(=O)c1c[nH]c2ccc(S(=O)(=O)Nc3cccc(C(F)(F)F)c3)cc2c1=O. The molecule has 2 atom stereocenters. The predicted molar refractivity (Wildman–Crippen MR) is 126 cm³/mol. The lowest BCUT2D eigenvalue weighted by Crippen LogP contribution is -2.42. The Hall–Kier alpha value is -3.34. The van der Waals surface area contributed by atoms with E-state index in [1.165, 1.54) is 24.4 Å². The van der Waals surface area contributed by atoms with Crippen molar-refractivity contribution in [2.24, 2.45) is 5.92 Å². The van der Waals surface area contributed by atoms with Gasteiger partial charge in [0, 0.05) is 28.8 Å². The highest BCUT2D eigenvalue weighted by Crippen LogP contribution is 2.31. The number of fused-ring (bicyclic) bond motifs is 1. The molecule has 0 aliphatic heterocycles. The fourth-order valence-electron chi connectivity index (χ4n) is 4.28. The van der Waals surface area contributed by atoms with E-state index in [2.05, 4.69) is 15.0 Å². The number of hydrogen-bond donors (Lipinski definition) is 3. The van der Waals surface area contributed by atoms with Gasteiger partial charge in [-0.1, -0.05) is 25.8 Å². The minimum atomic E-state index is -4.63. The van der Waals surface area contributed by atoms with E-state index < -0.39 is 33.1 Å². The second-order valence-electron chi connectivity index (χ2n) is 8.76. The molecule has 1 aliphatic carbocycles. The summed E-state index contributed by atoms with van der Waals surface area (Å²) in [5.41, 5.74) is -1.75. The summed E-state index contributed by atoms with van der Waals surface area (Å²) in [5, 5.41) is 2.88. The average Bonchev–Trinajstić information content (AvgIpc) is 2.80. The number of aromatic amines is 1. The molecule has 1 aromatic heterocycles. The average molecular weight is 508 g/mol. The highest BCUT2D eigenvalue weighted by atomic mass is 32.2. The zero-order valence-corrected chi connectivity index (χ0v) is 19.6. The zero-order valence-electron chi connectivity index (χ0n) is 18.8. The first-order valence-electron chi connectivity index (χ1n) is 11.1. The minimum Gasteiger partial charge on any atom is -0.360 e. The fraction of sp³-hybridized carbons (Fsp3) is 0.333. The van der Waals surface area contributed by atoms with Crippen LogP contribution in [-0.2, 0) is 16.2 Å². The summed E-state index contributed by atoms with van der Waals surface area (Å²) >= 11 is 0. The first kappa shape index (κ1) is 24.8. The molecule has 0 radical (unpaired) electrons. The smallest absolute Gasteiger partial charge is 0.360 e. The third kappa shape index (κ3) is 5.34. The van der Waals surface area contributed by atoms with Gasteiger partial charge in [-0.3, -0.25) is 14.3 Å². The van der Waals surface area contributed by atoms with E-state index in [0.717, 1.165) is 43.9 Å². The van der Waals surface area contributed by atoms with Crippen molar-refractivity contribution in [2.75, 3.05) is 4.72 Å². The van der Waals surface area contributed by atoms with Gasteiger partial charge >= 0.3 is 6.18 Å². The molecule has 186 valence electrons. The number of carbonyl (C=O) groups is 1. The molecule has 0 unspecified atom stereocenters. The molecule has 0 saturated heterocycles. The van der Waals surface area contributed by atoms with Gasteiger partial charge in [-0.25, -0.2) is 8.42 Å². The van der Waals surface area contributed by atoms with Crippen molar-refractivity contribution in [1.82, 2.24) is 10.3 Å². The van der Waals surface area contributed by atoms with Crippen LogP contribution in [0.4, 0.5) is 18.9 Å². The van der Waals surface area contributed by atoms with Crippen LogP contribution in [0.25, 0.3) is 10.9 Å². The summed E-state index contributed by atoms with van der Waals surface area (Å²) in [6.07, 6.45) is 0.549. The van der Waals surface area contributed by atoms with E-state index >= 15 is 0 Å². The van der Waals surface area contributed by atoms with Crippen molar-refractivity contribution in [1.29, 1.82) is 0 Å². The first-order valence-corrected chi connectivity index (χ1v) is 12.6. The van der Waals surface area contributed by atoms with Crippen molar-refractivity contribution in [3.05, 3.63) is 70.0 Å². The van der Waals surface area contributed by atoms with Crippen LogP contribution in [0.1, 0.15) is 48.5 Å². The van der Waals surface area contributed by atoms with Crippen LogP contribution >= 0.6 is 0 Å². The van der Waals surface area contributed by atoms with Gasteiger partial charge in [0.2, 0.25) is 5.43 Å². The van der Waals surface area contributed by atoms with Gasteiger partial charge in [-0.2, -0.15) is 13.2 Å². The maximum Gasteiger partial charge on any atom is 0.416 e. The molecule has 1 saturated carbocycles.